The van der Waals surface area contributed by atoms with Gasteiger partial charge in [-0.05, 0) is 63.5 Å². The molecule has 166 valence electrons. The highest BCUT2D eigenvalue weighted by Gasteiger charge is 2.22. The molecule has 1 heterocycles. The van der Waals surface area contributed by atoms with Gasteiger partial charge in [0.15, 0.2) is 0 Å². The molecular formula is C25H27N3O3S. The van der Waals surface area contributed by atoms with Crippen LogP contribution in [-0.2, 0) is 10.0 Å². The molecule has 0 aliphatic carbocycles. The number of sulfonamides is 1. The number of hydrogen-bond acceptors (Lipinski definition) is 4. The molecule has 1 fully saturated rings. The third-order valence-corrected chi connectivity index (χ3v) is 7.43. The largest absolute Gasteiger partial charge is 0.321 e. The summed E-state index contributed by atoms with van der Waals surface area (Å²) < 4.78 is 30.6. The van der Waals surface area contributed by atoms with E-state index in [4.69, 9.17) is 0 Å². The Morgan fingerprint density at radius 3 is 2.34 bits per heavy atom. The minimum absolute atomic E-state index is 0.148. The zero-order chi connectivity index (χ0) is 22.7. The molecule has 3 aromatic rings. The van der Waals surface area contributed by atoms with Crippen LogP contribution >= 0.6 is 0 Å². The third-order valence-electron chi connectivity index (χ3n) is 5.99. The summed E-state index contributed by atoms with van der Waals surface area (Å²) in [5.74, 6) is -0.0615. The van der Waals surface area contributed by atoms with E-state index in [0.29, 0.717) is 27.7 Å². The van der Waals surface area contributed by atoms with E-state index >= 15 is 0 Å². The molecule has 0 saturated carbocycles. The quantitative estimate of drug-likeness (QED) is 0.560. The number of fused-ring (bicyclic) bond motifs is 1. The van der Waals surface area contributed by atoms with Crippen molar-refractivity contribution < 1.29 is 13.2 Å². The number of carbonyl (C=O) groups excluding carboxylic acids is 1. The zero-order valence-corrected chi connectivity index (χ0v) is 19.1. The number of nitrogens with one attached hydrogen (secondary N) is 2. The van der Waals surface area contributed by atoms with Crippen molar-refractivity contribution in [2.24, 2.45) is 10.3 Å². The van der Waals surface area contributed by atoms with Gasteiger partial charge in [-0.1, -0.05) is 42.5 Å². The fourth-order valence-corrected chi connectivity index (χ4v) is 5.50. The first kappa shape index (κ1) is 22.2. The molecule has 3 aromatic carbocycles. The van der Waals surface area contributed by atoms with Crippen LogP contribution in [0.15, 0.2) is 70.0 Å². The average Bonchev–Trinajstić information content (AvgIpc) is 2.79. The fraction of sp³-hybridized carbons (Fsp3) is 0.280. The van der Waals surface area contributed by atoms with Gasteiger partial charge < -0.3 is 10.6 Å². The maximum Gasteiger partial charge on any atom is 0.282 e. The molecule has 0 bridgehead atoms. The van der Waals surface area contributed by atoms with Gasteiger partial charge in [0, 0.05) is 33.7 Å². The molecule has 4 rings (SSSR count). The Hall–Kier alpha value is -3.03. The van der Waals surface area contributed by atoms with Gasteiger partial charge >= 0.3 is 0 Å². The first-order valence-corrected chi connectivity index (χ1v) is 12.2. The van der Waals surface area contributed by atoms with Crippen LogP contribution in [0, 0.1) is 12.8 Å². The van der Waals surface area contributed by atoms with Gasteiger partial charge in [-0.25, -0.2) is 0 Å². The highest BCUT2D eigenvalue weighted by Crippen LogP contribution is 2.31. The van der Waals surface area contributed by atoms with Crippen molar-refractivity contribution in [1.82, 2.24) is 5.32 Å². The smallest absolute Gasteiger partial charge is 0.282 e. The summed E-state index contributed by atoms with van der Waals surface area (Å²) in [5.41, 5.74) is 2.66. The summed E-state index contributed by atoms with van der Waals surface area (Å²) in [6.07, 6.45) is 1.77. The van der Waals surface area contributed by atoms with Crippen LogP contribution in [0.5, 0.6) is 0 Å². The van der Waals surface area contributed by atoms with Gasteiger partial charge in [-0.2, -0.15) is 12.8 Å². The van der Waals surface area contributed by atoms with Crippen LogP contribution in [-0.4, -0.2) is 33.1 Å². The normalized spacial score (nSPS) is 15.6. The summed E-state index contributed by atoms with van der Waals surface area (Å²) in [7, 11) is -3.88. The number of rotatable bonds is 5. The van der Waals surface area contributed by atoms with Crippen LogP contribution < -0.4 is 10.6 Å². The molecule has 32 heavy (non-hydrogen) atoms. The van der Waals surface area contributed by atoms with Crippen LogP contribution in [0.1, 0.15) is 35.7 Å². The standard InChI is InChI=1S/C25H27N3O3S/c1-17-7-3-4-8-20(17)25(29)27-23-11-12-24(22-10-6-5-9-21(22)23)32(30,31)28-18(2)19-13-15-26-16-14-19/h3-12,19,26H,13-16H2,1-2H3,(H,27,29)/b28-18-. The molecular weight excluding hydrogens is 422 g/mol. The van der Waals surface area contributed by atoms with Gasteiger partial charge in [0.1, 0.15) is 0 Å². The van der Waals surface area contributed by atoms with E-state index in [-0.39, 0.29) is 16.7 Å². The van der Waals surface area contributed by atoms with Crippen molar-refractivity contribution in [3.63, 3.8) is 0 Å². The zero-order valence-electron chi connectivity index (χ0n) is 18.3. The van der Waals surface area contributed by atoms with Crippen molar-refractivity contribution in [2.75, 3.05) is 18.4 Å². The maximum atomic E-state index is 13.2. The molecule has 1 aliphatic heterocycles. The second-order valence-electron chi connectivity index (χ2n) is 8.16. The van der Waals surface area contributed by atoms with E-state index in [1.165, 1.54) is 6.07 Å². The second kappa shape index (κ2) is 9.22. The van der Waals surface area contributed by atoms with Crippen molar-refractivity contribution in [1.29, 1.82) is 0 Å². The van der Waals surface area contributed by atoms with Gasteiger partial charge in [0.25, 0.3) is 15.9 Å². The van der Waals surface area contributed by atoms with Crippen molar-refractivity contribution in [2.45, 2.75) is 31.6 Å². The monoisotopic (exact) mass is 449 g/mol. The molecule has 0 spiro atoms. The first-order valence-electron chi connectivity index (χ1n) is 10.8. The third kappa shape index (κ3) is 4.59. The molecule has 2 N–H and O–H groups in total. The van der Waals surface area contributed by atoms with Gasteiger partial charge in [-0.15, -0.1) is 0 Å². The van der Waals surface area contributed by atoms with Gasteiger partial charge in [0.05, 0.1) is 4.90 Å². The van der Waals surface area contributed by atoms with Crippen LogP contribution in [0.4, 0.5) is 5.69 Å². The van der Waals surface area contributed by atoms with Gasteiger partial charge in [-0.3, -0.25) is 4.79 Å². The number of aryl methyl sites for hydroxylation is 1. The summed E-state index contributed by atoms with van der Waals surface area (Å²) in [5, 5.41) is 7.42. The van der Waals surface area contributed by atoms with Crippen molar-refractivity contribution in [3.8, 4) is 0 Å². The van der Waals surface area contributed by atoms with E-state index < -0.39 is 10.0 Å². The summed E-state index contributed by atoms with van der Waals surface area (Å²) in [6, 6.07) is 17.7. The number of anilines is 1. The summed E-state index contributed by atoms with van der Waals surface area (Å²) in [4.78, 5) is 13.0. The molecule has 7 heteroatoms. The molecule has 0 aromatic heterocycles. The molecule has 0 radical (unpaired) electrons. The lowest BCUT2D eigenvalue weighted by molar-refractivity contribution is 0.102. The SMILES string of the molecule is C/C(=N/S(=O)(=O)c1ccc(NC(=O)c2ccccc2C)c2ccccc12)C1CCNCC1. The predicted octanol–water partition coefficient (Wildman–Crippen LogP) is 4.55. The number of hydrogen-bond donors (Lipinski definition) is 2. The molecule has 0 atom stereocenters. The highest BCUT2D eigenvalue weighted by atomic mass is 32.2. The Bertz CT molecular complexity index is 1290. The van der Waals surface area contributed by atoms with E-state index in [9.17, 15) is 13.2 Å². The number of benzene rings is 3. The van der Waals surface area contributed by atoms with E-state index in [0.717, 1.165) is 31.5 Å². The lowest BCUT2D eigenvalue weighted by Gasteiger charge is -2.22. The topological polar surface area (TPSA) is 87.6 Å². The Kier molecular flexibility index (Phi) is 6.39. The van der Waals surface area contributed by atoms with Crippen molar-refractivity contribution in [3.05, 3.63) is 71.8 Å². The summed E-state index contributed by atoms with van der Waals surface area (Å²) >= 11 is 0. The molecule has 1 aliphatic rings. The lowest BCUT2D eigenvalue weighted by Crippen LogP contribution is -2.31. The number of piperidine rings is 1. The van der Waals surface area contributed by atoms with Crippen molar-refractivity contribution >= 4 is 38.1 Å². The predicted molar refractivity (Wildman–Crippen MR) is 129 cm³/mol. The molecule has 1 saturated heterocycles. The van der Waals surface area contributed by atoms with Crippen LogP contribution in [0.3, 0.4) is 0 Å². The average molecular weight is 450 g/mol. The fourth-order valence-electron chi connectivity index (χ4n) is 4.18. The Balaban J connectivity index is 1.70. The number of amides is 1. The van der Waals surface area contributed by atoms with E-state index in [1.807, 2.05) is 37.3 Å². The highest BCUT2D eigenvalue weighted by molar-refractivity contribution is 7.90. The van der Waals surface area contributed by atoms with Gasteiger partial charge in [0.2, 0.25) is 0 Å². The van der Waals surface area contributed by atoms with Crippen LogP contribution in [0.2, 0.25) is 0 Å². The summed E-state index contributed by atoms with van der Waals surface area (Å²) in [6.45, 7) is 5.42. The minimum atomic E-state index is -3.88. The number of carbonyl (C=O) groups is 1. The second-order valence-corrected chi connectivity index (χ2v) is 9.73. The van der Waals surface area contributed by atoms with Crippen LogP contribution in [0.25, 0.3) is 10.8 Å². The first-order chi connectivity index (χ1) is 15.4. The Morgan fingerprint density at radius 1 is 0.969 bits per heavy atom. The molecule has 1 amide bonds. The van der Waals surface area contributed by atoms with E-state index in [2.05, 4.69) is 15.0 Å². The maximum absolute atomic E-state index is 13.2. The molecule has 0 unspecified atom stereocenters. The minimum Gasteiger partial charge on any atom is -0.321 e. The molecule has 6 nitrogen and oxygen atoms in total. The Morgan fingerprint density at radius 2 is 1.62 bits per heavy atom. The van der Waals surface area contributed by atoms with E-state index in [1.54, 1.807) is 31.2 Å². The lowest BCUT2D eigenvalue weighted by atomic mass is 9.94. The number of nitrogens with zero attached hydrogens (tertiary/aromatic N) is 1. The Labute approximate surface area is 188 Å².